The van der Waals surface area contributed by atoms with Gasteiger partial charge in [0.2, 0.25) is 0 Å². The van der Waals surface area contributed by atoms with Crippen LogP contribution in [0.25, 0.3) is 0 Å². The molecule has 0 saturated heterocycles. The van der Waals surface area contributed by atoms with E-state index in [2.05, 4.69) is 13.8 Å². The van der Waals surface area contributed by atoms with Crippen LogP contribution in [0, 0.1) is 17.8 Å². The molecule has 0 aliphatic heterocycles. The zero-order valence-corrected chi connectivity index (χ0v) is 13.1. The van der Waals surface area contributed by atoms with E-state index < -0.39 is 17.9 Å². The van der Waals surface area contributed by atoms with Crippen LogP contribution in [-0.4, -0.2) is 22.2 Å². The highest BCUT2D eigenvalue weighted by Gasteiger charge is 2.33. The molecule has 0 saturated carbocycles. The van der Waals surface area contributed by atoms with Gasteiger partial charge in [-0.05, 0) is 24.7 Å². The minimum atomic E-state index is -1.25. The summed E-state index contributed by atoms with van der Waals surface area (Å²) in [6, 6.07) is 0. The number of carbonyl (C=O) groups is 2. The molecule has 0 aromatic heterocycles. The Kier molecular flexibility index (Phi) is 10.1. The first kappa shape index (κ1) is 18.9. The number of hydrogen-bond acceptors (Lipinski definition) is 2. The molecule has 0 aromatic rings. The Morgan fingerprint density at radius 1 is 0.850 bits per heavy atom. The molecule has 0 heterocycles. The molecule has 2 unspecified atom stereocenters. The highest BCUT2D eigenvalue weighted by molar-refractivity contribution is 5.93. The predicted molar refractivity (Wildman–Crippen MR) is 79.7 cm³/mol. The fourth-order valence-corrected chi connectivity index (χ4v) is 2.89. The molecule has 20 heavy (non-hydrogen) atoms. The van der Waals surface area contributed by atoms with E-state index in [-0.39, 0.29) is 5.92 Å². The Morgan fingerprint density at radius 2 is 1.35 bits per heavy atom. The molecule has 0 fully saturated rings. The number of carboxylic acid groups (broad SMARTS) is 2. The van der Waals surface area contributed by atoms with Gasteiger partial charge < -0.3 is 10.2 Å². The molecule has 4 heteroatoms. The average Bonchev–Trinajstić information content (AvgIpc) is 2.34. The largest absolute Gasteiger partial charge is 0.481 e. The van der Waals surface area contributed by atoms with Crippen molar-refractivity contribution in [2.24, 2.45) is 17.8 Å². The van der Waals surface area contributed by atoms with Crippen LogP contribution in [0.5, 0.6) is 0 Å². The molecular weight excluding hydrogens is 256 g/mol. The standard InChI is InChI=1S/C16H30O4/c1-4-8-12(3)10-6-7-11-13(9-5-2)14(15(17)18)16(19)20/h12-14H,4-11H2,1-3H3,(H,17,18)(H,19,20). The average molecular weight is 286 g/mol. The predicted octanol–water partition coefficient (Wildman–Crippen LogP) is 4.18. The molecular formula is C16H30O4. The van der Waals surface area contributed by atoms with Crippen molar-refractivity contribution in [3.63, 3.8) is 0 Å². The fraction of sp³-hybridized carbons (Fsp3) is 0.875. The van der Waals surface area contributed by atoms with E-state index in [0.29, 0.717) is 18.8 Å². The zero-order valence-electron chi connectivity index (χ0n) is 13.1. The van der Waals surface area contributed by atoms with Crippen molar-refractivity contribution in [1.82, 2.24) is 0 Å². The Morgan fingerprint density at radius 3 is 1.80 bits per heavy atom. The highest BCUT2D eigenvalue weighted by atomic mass is 16.4. The summed E-state index contributed by atoms with van der Waals surface area (Å²) in [5.41, 5.74) is 0. The first-order valence-corrected chi connectivity index (χ1v) is 7.89. The van der Waals surface area contributed by atoms with Crippen molar-refractivity contribution in [2.45, 2.75) is 72.1 Å². The van der Waals surface area contributed by atoms with Gasteiger partial charge >= 0.3 is 11.9 Å². The third-order valence-electron chi connectivity index (χ3n) is 3.97. The second kappa shape index (κ2) is 10.7. The van der Waals surface area contributed by atoms with E-state index in [1.54, 1.807) is 0 Å². The van der Waals surface area contributed by atoms with E-state index in [0.717, 1.165) is 25.7 Å². The number of aliphatic carboxylic acids is 2. The van der Waals surface area contributed by atoms with E-state index in [4.69, 9.17) is 10.2 Å². The van der Waals surface area contributed by atoms with Crippen molar-refractivity contribution in [2.75, 3.05) is 0 Å². The quantitative estimate of drug-likeness (QED) is 0.417. The third kappa shape index (κ3) is 7.51. The van der Waals surface area contributed by atoms with Crippen LogP contribution < -0.4 is 0 Å². The lowest BCUT2D eigenvalue weighted by Gasteiger charge is -2.20. The monoisotopic (exact) mass is 286 g/mol. The van der Waals surface area contributed by atoms with Crippen LogP contribution in [0.3, 0.4) is 0 Å². The van der Waals surface area contributed by atoms with Crippen molar-refractivity contribution < 1.29 is 19.8 Å². The summed E-state index contributed by atoms with van der Waals surface area (Å²) in [5, 5.41) is 18.1. The van der Waals surface area contributed by atoms with E-state index in [1.165, 1.54) is 12.8 Å². The van der Waals surface area contributed by atoms with Gasteiger partial charge in [0.1, 0.15) is 0 Å². The molecule has 0 spiro atoms. The lowest BCUT2D eigenvalue weighted by atomic mass is 9.84. The Bertz CT molecular complexity index is 274. The second-order valence-electron chi connectivity index (χ2n) is 5.88. The van der Waals surface area contributed by atoms with Gasteiger partial charge in [-0.1, -0.05) is 59.3 Å². The van der Waals surface area contributed by atoms with Gasteiger partial charge in [-0.25, -0.2) is 0 Å². The topological polar surface area (TPSA) is 74.6 Å². The van der Waals surface area contributed by atoms with Crippen molar-refractivity contribution in [1.29, 1.82) is 0 Å². The van der Waals surface area contributed by atoms with Crippen molar-refractivity contribution >= 4 is 11.9 Å². The summed E-state index contributed by atoms with van der Waals surface area (Å²) in [5.74, 6) is -3.18. The smallest absolute Gasteiger partial charge is 0.318 e. The van der Waals surface area contributed by atoms with Gasteiger partial charge in [-0.15, -0.1) is 0 Å². The number of rotatable bonds is 12. The van der Waals surface area contributed by atoms with Gasteiger partial charge in [-0.3, -0.25) is 9.59 Å². The van der Waals surface area contributed by atoms with Gasteiger partial charge in [0.05, 0.1) is 0 Å². The maximum absolute atomic E-state index is 11.1. The van der Waals surface area contributed by atoms with Crippen LogP contribution in [0.2, 0.25) is 0 Å². The summed E-state index contributed by atoms with van der Waals surface area (Å²) in [7, 11) is 0. The normalized spacial score (nSPS) is 14.2. The van der Waals surface area contributed by atoms with Crippen molar-refractivity contribution in [3.05, 3.63) is 0 Å². The van der Waals surface area contributed by atoms with E-state index in [1.807, 2.05) is 6.92 Å². The van der Waals surface area contributed by atoms with Crippen LogP contribution in [0.15, 0.2) is 0 Å². The minimum Gasteiger partial charge on any atom is -0.481 e. The molecule has 0 aliphatic carbocycles. The van der Waals surface area contributed by atoms with Crippen LogP contribution in [0.4, 0.5) is 0 Å². The summed E-state index contributed by atoms with van der Waals surface area (Å²) >= 11 is 0. The van der Waals surface area contributed by atoms with Gasteiger partial charge in [0, 0.05) is 0 Å². The maximum Gasteiger partial charge on any atom is 0.318 e. The number of unbranched alkanes of at least 4 members (excludes halogenated alkanes) is 1. The molecule has 0 radical (unpaired) electrons. The zero-order chi connectivity index (χ0) is 15.5. The number of carboxylic acids is 2. The van der Waals surface area contributed by atoms with Gasteiger partial charge in [0.15, 0.2) is 5.92 Å². The first-order valence-electron chi connectivity index (χ1n) is 7.89. The Labute approximate surface area is 122 Å². The summed E-state index contributed by atoms with van der Waals surface area (Å²) in [4.78, 5) is 22.2. The Hall–Kier alpha value is -1.06. The summed E-state index contributed by atoms with van der Waals surface area (Å²) < 4.78 is 0. The molecule has 0 amide bonds. The Balaban J connectivity index is 4.26. The van der Waals surface area contributed by atoms with E-state index in [9.17, 15) is 9.59 Å². The van der Waals surface area contributed by atoms with Crippen molar-refractivity contribution in [3.8, 4) is 0 Å². The number of hydrogen-bond donors (Lipinski definition) is 2. The molecule has 2 N–H and O–H groups in total. The molecule has 0 aliphatic rings. The lowest BCUT2D eigenvalue weighted by molar-refractivity contribution is -0.157. The highest BCUT2D eigenvalue weighted by Crippen LogP contribution is 2.26. The molecule has 0 rings (SSSR count). The van der Waals surface area contributed by atoms with Crippen LogP contribution >= 0.6 is 0 Å². The molecule has 0 bridgehead atoms. The lowest BCUT2D eigenvalue weighted by Crippen LogP contribution is -2.31. The first-order chi connectivity index (χ1) is 9.43. The molecule has 0 aromatic carbocycles. The van der Waals surface area contributed by atoms with Crippen LogP contribution in [-0.2, 0) is 9.59 Å². The summed E-state index contributed by atoms with van der Waals surface area (Å²) in [6.45, 7) is 6.39. The molecule has 4 nitrogen and oxygen atoms in total. The second-order valence-corrected chi connectivity index (χ2v) is 5.88. The van der Waals surface area contributed by atoms with Gasteiger partial charge in [-0.2, -0.15) is 0 Å². The van der Waals surface area contributed by atoms with E-state index >= 15 is 0 Å². The summed E-state index contributed by atoms with van der Waals surface area (Å²) in [6.07, 6.45) is 7.77. The SMILES string of the molecule is CCCC(C)CCCCC(CCC)C(C(=O)O)C(=O)O. The fourth-order valence-electron chi connectivity index (χ4n) is 2.89. The molecule has 2 atom stereocenters. The third-order valence-corrected chi connectivity index (χ3v) is 3.97. The maximum atomic E-state index is 11.1. The molecule has 118 valence electrons. The minimum absolute atomic E-state index is 0.239. The van der Waals surface area contributed by atoms with Crippen LogP contribution in [0.1, 0.15) is 72.1 Å². The van der Waals surface area contributed by atoms with Gasteiger partial charge in [0.25, 0.3) is 0 Å².